The van der Waals surface area contributed by atoms with Crippen molar-refractivity contribution in [3.05, 3.63) is 35.5 Å². The normalized spacial score (nSPS) is 20.6. The zero-order chi connectivity index (χ0) is 13.1. The second-order valence-electron chi connectivity index (χ2n) is 4.89. The number of aliphatic hydroxyl groups excluding tert-OH is 1. The van der Waals surface area contributed by atoms with E-state index in [0.717, 1.165) is 48.9 Å². The Morgan fingerprint density at radius 1 is 1.42 bits per heavy atom. The molecule has 4 nitrogen and oxygen atoms in total. The molecule has 1 unspecified atom stereocenters. The van der Waals surface area contributed by atoms with E-state index in [-0.39, 0.29) is 6.10 Å². The zero-order valence-corrected chi connectivity index (χ0v) is 11.5. The molecule has 1 aliphatic rings. The lowest BCUT2D eigenvalue weighted by Gasteiger charge is -2.29. The van der Waals surface area contributed by atoms with E-state index >= 15 is 0 Å². The van der Waals surface area contributed by atoms with Gasteiger partial charge in [0.15, 0.2) is 0 Å². The van der Waals surface area contributed by atoms with Crippen molar-refractivity contribution in [2.75, 3.05) is 13.1 Å². The monoisotopic (exact) mass is 275 g/mol. The minimum Gasteiger partial charge on any atom is -0.392 e. The summed E-state index contributed by atoms with van der Waals surface area (Å²) in [6.07, 6.45) is 3.60. The van der Waals surface area contributed by atoms with Gasteiger partial charge in [0.05, 0.1) is 17.5 Å². The number of thiazole rings is 1. The van der Waals surface area contributed by atoms with E-state index in [4.69, 9.17) is 0 Å². The van der Waals surface area contributed by atoms with Crippen LogP contribution in [0, 0.1) is 0 Å². The fraction of sp³-hybridized carbons (Fsp3) is 0.429. The minimum absolute atomic E-state index is 0.178. The average Bonchev–Trinajstić information content (AvgIpc) is 2.88. The molecule has 3 heterocycles. The van der Waals surface area contributed by atoms with E-state index in [1.807, 2.05) is 18.2 Å². The molecular formula is C14H17N3OS. The third-order valence-electron chi connectivity index (χ3n) is 3.30. The van der Waals surface area contributed by atoms with Gasteiger partial charge in [-0.3, -0.25) is 9.88 Å². The molecule has 1 atom stereocenters. The first-order chi connectivity index (χ1) is 9.31. The van der Waals surface area contributed by atoms with Crippen LogP contribution in [0.1, 0.15) is 18.5 Å². The molecule has 0 aromatic carbocycles. The first-order valence-corrected chi connectivity index (χ1v) is 7.45. The summed E-state index contributed by atoms with van der Waals surface area (Å²) in [4.78, 5) is 11.2. The second kappa shape index (κ2) is 5.77. The Balaban J connectivity index is 1.68. The third kappa shape index (κ3) is 3.18. The standard InChI is InChI=1S/C14H17N3OS/c18-12-4-3-7-17(9-12)8-11-10-19-14(16-11)13-5-1-2-6-15-13/h1-2,5-6,10,12,18H,3-4,7-9H2. The van der Waals surface area contributed by atoms with Crippen LogP contribution in [0.15, 0.2) is 29.8 Å². The van der Waals surface area contributed by atoms with Gasteiger partial charge in [-0.25, -0.2) is 4.98 Å². The minimum atomic E-state index is -0.178. The Labute approximate surface area is 116 Å². The summed E-state index contributed by atoms with van der Waals surface area (Å²) in [7, 11) is 0. The summed E-state index contributed by atoms with van der Waals surface area (Å²) < 4.78 is 0. The van der Waals surface area contributed by atoms with E-state index in [1.54, 1.807) is 17.5 Å². The van der Waals surface area contributed by atoms with Crippen LogP contribution in [0.3, 0.4) is 0 Å². The highest BCUT2D eigenvalue weighted by molar-refractivity contribution is 7.13. The third-order valence-corrected chi connectivity index (χ3v) is 4.22. The zero-order valence-electron chi connectivity index (χ0n) is 10.7. The average molecular weight is 275 g/mol. The van der Waals surface area contributed by atoms with Crippen molar-refractivity contribution >= 4 is 11.3 Å². The largest absolute Gasteiger partial charge is 0.392 e. The van der Waals surface area contributed by atoms with Crippen molar-refractivity contribution in [1.29, 1.82) is 0 Å². The fourth-order valence-electron chi connectivity index (χ4n) is 2.39. The lowest BCUT2D eigenvalue weighted by atomic mass is 10.1. The van der Waals surface area contributed by atoms with Crippen molar-refractivity contribution in [2.24, 2.45) is 0 Å². The first kappa shape index (κ1) is 12.7. The van der Waals surface area contributed by atoms with Crippen molar-refractivity contribution in [1.82, 2.24) is 14.9 Å². The molecule has 100 valence electrons. The maximum Gasteiger partial charge on any atom is 0.142 e. The van der Waals surface area contributed by atoms with E-state index < -0.39 is 0 Å². The maximum atomic E-state index is 9.67. The first-order valence-electron chi connectivity index (χ1n) is 6.57. The van der Waals surface area contributed by atoms with Crippen molar-refractivity contribution in [3.63, 3.8) is 0 Å². The van der Waals surface area contributed by atoms with Gasteiger partial charge < -0.3 is 5.11 Å². The molecule has 2 aromatic heterocycles. The molecule has 0 aliphatic carbocycles. The molecule has 0 saturated carbocycles. The Bertz CT molecular complexity index is 528. The highest BCUT2D eigenvalue weighted by Crippen LogP contribution is 2.22. The number of rotatable bonds is 3. The van der Waals surface area contributed by atoms with Crippen LogP contribution in [-0.4, -0.2) is 39.2 Å². The summed E-state index contributed by atoms with van der Waals surface area (Å²) in [5.41, 5.74) is 2.00. The number of piperidine rings is 1. The van der Waals surface area contributed by atoms with Gasteiger partial charge in [-0.05, 0) is 31.5 Å². The van der Waals surface area contributed by atoms with E-state index in [1.165, 1.54) is 0 Å². The van der Waals surface area contributed by atoms with Crippen LogP contribution in [-0.2, 0) is 6.54 Å². The lowest BCUT2D eigenvalue weighted by molar-refractivity contribution is 0.0663. The Hall–Kier alpha value is -1.30. The van der Waals surface area contributed by atoms with E-state index in [0.29, 0.717) is 0 Å². The summed E-state index contributed by atoms with van der Waals surface area (Å²) in [6, 6.07) is 5.87. The van der Waals surface area contributed by atoms with Crippen molar-refractivity contribution < 1.29 is 5.11 Å². The molecule has 0 spiro atoms. The lowest BCUT2D eigenvalue weighted by Crippen LogP contribution is -2.37. The highest BCUT2D eigenvalue weighted by atomic mass is 32.1. The van der Waals surface area contributed by atoms with Crippen LogP contribution < -0.4 is 0 Å². The molecule has 5 heteroatoms. The number of aromatic nitrogens is 2. The topological polar surface area (TPSA) is 49.2 Å². The summed E-state index contributed by atoms with van der Waals surface area (Å²) >= 11 is 1.63. The Morgan fingerprint density at radius 2 is 2.37 bits per heavy atom. The van der Waals surface area contributed by atoms with E-state index in [9.17, 15) is 5.11 Å². The van der Waals surface area contributed by atoms with Crippen molar-refractivity contribution in [3.8, 4) is 10.7 Å². The molecule has 19 heavy (non-hydrogen) atoms. The number of hydrogen-bond donors (Lipinski definition) is 1. The van der Waals surface area contributed by atoms with Gasteiger partial charge in [-0.1, -0.05) is 6.07 Å². The molecule has 1 N–H and O–H groups in total. The van der Waals surface area contributed by atoms with Crippen LogP contribution in [0.4, 0.5) is 0 Å². The quantitative estimate of drug-likeness (QED) is 0.932. The predicted octanol–water partition coefficient (Wildman–Crippen LogP) is 2.16. The highest BCUT2D eigenvalue weighted by Gasteiger charge is 2.18. The second-order valence-corrected chi connectivity index (χ2v) is 5.75. The maximum absolute atomic E-state index is 9.67. The fourth-order valence-corrected chi connectivity index (χ4v) is 3.18. The van der Waals surface area contributed by atoms with Gasteiger partial charge in [0, 0.05) is 24.7 Å². The summed E-state index contributed by atoms with van der Waals surface area (Å²) in [5, 5.41) is 12.7. The van der Waals surface area contributed by atoms with Gasteiger partial charge >= 0.3 is 0 Å². The molecule has 3 rings (SSSR count). The summed E-state index contributed by atoms with van der Waals surface area (Å²) in [5.74, 6) is 0. The number of pyridine rings is 1. The molecular weight excluding hydrogens is 258 g/mol. The van der Waals surface area contributed by atoms with Crippen LogP contribution in [0.2, 0.25) is 0 Å². The number of likely N-dealkylation sites (tertiary alicyclic amines) is 1. The van der Waals surface area contributed by atoms with Crippen LogP contribution in [0.25, 0.3) is 10.7 Å². The molecule has 1 aliphatic heterocycles. The molecule has 1 fully saturated rings. The number of hydrogen-bond acceptors (Lipinski definition) is 5. The van der Waals surface area contributed by atoms with Gasteiger partial charge in [-0.2, -0.15) is 0 Å². The van der Waals surface area contributed by atoms with Gasteiger partial charge in [0.1, 0.15) is 5.01 Å². The predicted molar refractivity (Wildman–Crippen MR) is 75.9 cm³/mol. The van der Waals surface area contributed by atoms with Gasteiger partial charge in [0.25, 0.3) is 0 Å². The van der Waals surface area contributed by atoms with Crippen molar-refractivity contribution in [2.45, 2.75) is 25.5 Å². The smallest absolute Gasteiger partial charge is 0.142 e. The SMILES string of the molecule is OC1CCCN(Cc2csc(-c3ccccn3)n2)C1. The number of nitrogens with zero attached hydrogens (tertiary/aromatic N) is 3. The number of β-amino-alcohol motifs (C(OH)–C–C–N with tert-alkyl or cyclic N) is 1. The Kier molecular flexibility index (Phi) is 3.87. The van der Waals surface area contributed by atoms with Crippen LogP contribution >= 0.6 is 11.3 Å². The summed E-state index contributed by atoms with van der Waals surface area (Å²) in [6.45, 7) is 2.63. The molecule has 2 aromatic rings. The molecule has 0 radical (unpaired) electrons. The Morgan fingerprint density at radius 3 is 3.16 bits per heavy atom. The number of aliphatic hydroxyl groups is 1. The molecule has 1 saturated heterocycles. The molecule has 0 amide bonds. The van der Waals surface area contributed by atoms with E-state index in [2.05, 4.69) is 20.2 Å². The molecule has 0 bridgehead atoms. The van der Waals surface area contributed by atoms with Gasteiger partial charge in [-0.15, -0.1) is 11.3 Å². The van der Waals surface area contributed by atoms with Crippen LogP contribution in [0.5, 0.6) is 0 Å². The van der Waals surface area contributed by atoms with Gasteiger partial charge in [0.2, 0.25) is 0 Å².